The highest BCUT2D eigenvalue weighted by Crippen LogP contribution is 2.25. The molecule has 0 spiro atoms. The summed E-state index contributed by atoms with van der Waals surface area (Å²) in [5.74, 6) is -1.66. The molecule has 0 heterocycles. The van der Waals surface area contributed by atoms with Gasteiger partial charge in [-0.25, -0.2) is 12.8 Å². The van der Waals surface area contributed by atoms with Gasteiger partial charge < -0.3 is 9.47 Å². The summed E-state index contributed by atoms with van der Waals surface area (Å²) in [6.45, 7) is -0.406. The molecule has 9 nitrogen and oxygen atoms in total. The number of nitrogens with zero attached hydrogens (tertiary/aromatic N) is 1. The van der Waals surface area contributed by atoms with Gasteiger partial charge in [0, 0.05) is 17.7 Å². The van der Waals surface area contributed by atoms with E-state index in [0.29, 0.717) is 5.56 Å². The fraction of sp³-hybridized carbons (Fsp3) is 0.174. The molecule has 0 saturated carbocycles. The molecule has 0 aromatic heterocycles. The number of carbonyl (C=O) groups excluding carboxylic acids is 1. The first kappa shape index (κ1) is 24.8. The molecule has 0 bridgehead atoms. The number of halogens is 1. The molecule has 1 atom stereocenters. The Bertz CT molecular complexity index is 1280. The molecule has 0 saturated heterocycles. The van der Waals surface area contributed by atoms with Crippen LogP contribution in [0.1, 0.15) is 11.1 Å². The molecule has 3 aromatic carbocycles. The van der Waals surface area contributed by atoms with Gasteiger partial charge >= 0.3 is 5.97 Å². The molecule has 3 aromatic rings. The molecule has 11 heteroatoms. The largest absolute Gasteiger partial charge is 0.496 e. The Labute approximate surface area is 195 Å². The van der Waals surface area contributed by atoms with Crippen molar-refractivity contribution in [2.75, 3.05) is 7.11 Å². The van der Waals surface area contributed by atoms with E-state index in [0.717, 1.165) is 12.1 Å². The van der Waals surface area contributed by atoms with Crippen molar-refractivity contribution in [1.82, 2.24) is 4.72 Å². The van der Waals surface area contributed by atoms with Crippen molar-refractivity contribution in [1.29, 1.82) is 0 Å². The van der Waals surface area contributed by atoms with Crippen molar-refractivity contribution in [3.05, 3.63) is 99.9 Å². The van der Waals surface area contributed by atoms with Crippen molar-refractivity contribution >= 4 is 21.7 Å². The highest BCUT2D eigenvalue weighted by atomic mass is 32.2. The van der Waals surface area contributed by atoms with Gasteiger partial charge in [0.1, 0.15) is 29.1 Å². The zero-order chi connectivity index (χ0) is 24.7. The third-order valence-electron chi connectivity index (χ3n) is 4.84. The Morgan fingerprint density at radius 1 is 1.09 bits per heavy atom. The summed E-state index contributed by atoms with van der Waals surface area (Å²) < 4.78 is 52.4. The van der Waals surface area contributed by atoms with Gasteiger partial charge in [0.2, 0.25) is 10.0 Å². The van der Waals surface area contributed by atoms with Crippen molar-refractivity contribution < 1.29 is 32.0 Å². The monoisotopic (exact) mass is 488 g/mol. The van der Waals surface area contributed by atoms with Gasteiger partial charge in [-0.3, -0.25) is 14.9 Å². The van der Waals surface area contributed by atoms with Crippen LogP contribution in [0.15, 0.2) is 77.7 Å². The topological polar surface area (TPSA) is 125 Å². The highest BCUT2D eigenvalue weighted by Gasteiger charge is 2.29. The Hall–Kier alpha value is -3.83. The summed E-state index contributed by atoms with van der Waals surface area (Å²) in [6.07, 6.45) is -0.0700. The summed E-state index contributed by atoms with van der Waals surface area (Å²) in [6, 6.07) is 15.8. The van der Waals surface area contributed by atoms with Crippen LogP contribution in [0.5, 0.6) is 5.75 Å². The first-order chi connectivity index (χ1) is 16.2. The van der Waals surface area contributed by atoms with Gasteiger partial charge in [-0.2, -0.15) is 4.72 Å². The summed E-state index contributed by atoms with van der Waals surface area (Å²) >= 11 is 0. The molecule has 0 aliphatic carbocycles. The molecule has 0 aliphatic heterocycles. The van der Waals surface area contributed by atoms with Crippen LogP contribution in [-0.2, 0) is 32.6 Å². The average Bonchev–Trinajstić information content (AvgIpc) is 2.82. The molecule has 178 valence electrons. The van der Waals surface area contributed by atoms with Gasteiger partial charge in [-0.15, -0.1) is 0 Å². The van der Waals surface area contributed by atoms with Gasteiger partial charge in [0.25, 0.3) is 5.69 Å². The number of non-ortho nitro benzene ring substituents is 1. The SMILES string of the molecule is COc1ccc([N+](=O)[O-])cc1COC(=O)C(Cc1ccccc1)NS(=O)(=O)c1ccccc1F. The molecule has 1 N–H and O–H groups in total. The number of nitro groups is 1. The highest BCUT2D eigenvalue weighted by molar-refractivity contribution is 7.89. The summed E-state index contributed by atoms with van der Waals surface area (Å²) in [7, 11) is -3.05. The molecule has 0 aliphatic rings. The molecular weight excluding hydrogens is 467 g/mol. The average molecular weight is 488 g/mol. The maximum Gasteiger partial charge on any atom is 0.324 e. The number of methoxy groups -OCH3 is 1. The molecular formula is C23H21FN2O7S. The number of carbonyl (C=O) groups is 1. The standard InChI is InChI=1S/C23H21FN2O7S/c1-32-21-12-11-18(26(28)29)14-17(21)15-33-23(27)20(13-16-7-3-2-4-8-16)25-34(30,31)22-10-6-5-9-19(22)24/h2-12,14,20,25H,13,15H2,1H3. The van der Waals surface area contributed by atoms with E-state index in [1.54, 1.807) is 30.3 Å². The van der Waals surface area contributed by atoms with E-state index >= 15 is 0 Å². The number of sulfonamides is 1. The van der Waals surface area contributed by atoms with Crippen LogP contribution in [0.2, 0.25) is 0 Å². The van der Waals surface area contributed by atoms with E-state index in [9.17, 15) is 27.7 Å². The first-order valence-electron chi connectivity index (χ1n) is 10.00. The quantitative estimate of drug-likeness (QED) is 0.263. The number of rotatable bonds is 10. The second kappa shape index (κ2) is 10.9. The summed E-state index contributed by atoms with van der Waals surface area (Å²) in [5.41, 5.74) is 0.627. The second-order valence-electron chi connectivity index (χ2n) is 7.15. The van der Waals surface area contributed by atoms with Crippen molar-refractivity contribution in [3.8, 4) is 5.75 Å². The van der Waals surface area contributed by atoms with Gasteiger partial charge in [0.15, 0.2) is 0 Å². The first-order valence-corrected chi connectivity index (χ1v) is 11.5. The number of ether oxygens (including phenoxy) is 2. The predicted molar refractivity (Wildman–Crippen MR) is 120 cm³/mol. The summed E-state index contributed by atoms with van der Waals surface area (Å²) in [5, 5.41) is 11.1. The van der Waals surface area contributed by atoms with Crippen molar-refractivity contribution in [3.63, 3.8) is 0 Å². The molecule has 1 unspecified atom stereocenters. The van der Waals surface area contributed by atoms with E-state index in [-0.39, 0.29) is 23.4 Å². The maximum atomic E-state index is 14.1. The lowest BCUT2D eigenvalue weighted by Crippen LogP contribution is -2.43. The number of hydrogen-bond acceptors (Lipinski definition) is 7. The molecule has 34 heavy (non-hydrogen) atoms. The van der Waals surface area contributed by atoms with Crippen LogP contribution in [0.25, 0.3) is 0 Å². The number of nitro benzene ring substituents is 1. The Balaban J connectivity index is 1.85. The predicted octanol–water partition coefficient (Wildman–Crippen LogP) is 3.38. The van der Waals surface area contributed by atoms with Crippen LogP contribution in [0, 0.1) is 15.9 Å². The lowest BCUT2D eigenvalue weighted by Gasteiger charge is -2.19. The summed E-state index contributed by atoms with van der Waals surface area (Å²) in [4.78, 5) is 22.8. The molecule has 3 rings (SSSR count). The zero-order valence-corrected chi connectivity index (χ0v) is 18.8. The van der Waals surface area contributed by atoms with E-state index < -0.39 is 44.3 Å². The fourth-order valence-electron chi connectivity index (χ4n) is 3.18. The van der Waals surface area contributed by atoms with E-state index in [2.05, 4.69) is 4.72 Å². The van der Waals surface area contributed by atoms with Crippen molar-refractivity contribution in [2.24, 2.45) is 0 Å². The molecule has 0 amide bonds. The maximum absolute atomic E-state index is 14.1. The zero-order valence-electron chi connectivity index (χ0n) is 18.0. The number of esters is 1. The smallest absolute Gasteiger partial charge is 0.324 e. The van der Waals surface area contributed by atoms with Crippen LogP contribution >= 0.6 is 0 Å². The second-order valence-corrected chi connectivity index (χ2v) is 8.84. The fourth-order valence-corrected chi connectivity index (χ4v) is 4.44. The van der Waals surface area contributed by atoms with Gasteiger partial charge in [-0.05, 0) is 30.2 Å². The van der Waals surface area contributed by atoms with Crippen LogP contribution in [-0.4, -0.2) is 32.5 Å². The van der Waals surface area contributed by atoms with Crippen LogP contribution in [0.3, 0.4) is 0 Å². The van der Waals surface area contributed by atoms with Crippen LogP contribution < -0.4 is 9.46 Å². The Kier molecular flexibility index (Phi) is 7.92. The number of hydrogen-bond donors (Lipinski definition) is 1. The Morgan fingerprint density at radius 3 is 2.41 bits per heavy atom. The van der Waals surface area contributed by atoms with Crippen molar-refractivity contribution in [2.45, 2.75) is 24.0 Å². The minimum absolute atomic E-state index is 0.0700. The van der Waals surface area contributed by atoms with Gasteiger partial charge in [-0.1, -0.05) is 42.5 Å². The van der Waals surface area contributed by atoms with E-state index in [1.165, 1.54) is 37.4 Å². The van der Waals surface area contributed by atoms with Crippen LogP contribution in [0.4, 0.5) is 10.1 Å². The van der Waals surface area contributed by atoms with Gasteiger partial charge in [0.05, 0.1) is 12.0 Å². The lowest BCUT2D eigenvalue weighted by atomic mass is 10.1. The molecule has 0 fully saturated rings. The Morgan fingerprint density at radius 2 is 1.76 bits per heavy atom. The minimum atomic E-state index is -4.41. The minimum Gasteiger partial charge on any atom is -0.496 e. The number of nitrogens with one attached hydrogen (secondary N) is 1. The van der Waals surface area contributed by atoms with E-state index in [1.807, 2.05) is 0 Å². The van der Waals surface area contributed by atoms with E-state index in [4.69, 9.17) is 9.47 Å². The lowest BCUT2D eigenvalue weighted by molar-refractivity contribution is -0.385. The molecule has 0 radical (unpaired) electrons. The normalized spacial score (nSPS) is 12.1. The third-order valence-corrected chi connectivity index (χ3v) is 6.34. The third kappa shape index (κ3) is 6.15. The number of benzene rings is 3.